The van der Waals surface area contributed by atoms with E-state index in [9.17, 15) is 0 Å². The molecular formula is C14H19N5S. The number of aryl methyl sites for hydroxylation is 1. The summed E-state index contributed by atoms with van der Waals surface area (Å²) in [6, 6.07) is 6.18. The second-order valence-electron chi connectivity index (χ2n) is 5.28. The molecule has 1 saturated heterocycles. The van der Waals surface area contributed by atoms with Gasteiger partial charge in [0.2, 0.25) is 5.13 Å². The normalized spacial score (nSPS) is 17.3. The number of aromatic nitrogens is 3. The Bertz CT molecular complexity index is 574. The van der Waals surface area contributed by atoms with Crippen LogP contribution in [0.2, 0.25) is 0 Å². The number of nitrogens with zero attached hydrogens (tertiary/aromatic N) is 4. The summed E-state index contributed by atoms with van der Waals surface area (Å²) in [5.74, 6) is 1.43. The third-order valence-corrected chi connectivity index (χ3v) is 4.42. The number of hydrogen-bond donors (Lipinski definition) is 1. The highest BCUT2D eigenvalue weighted by Crippen LogP contribution is 2.27. The van der Waals surface area contributed by atoms with Gasteiger partial charge in [-0.3, -0.25) is 0 Å². The zero-order valence-corrected chi connectivity index (χ0v) is 12.7. The number of rotatable bonds is 3. The van der Waals surface area contributed by atoms with Crippen molar-refractivity contribution >= 4 is 22.3 Å². The van der Waals surface area contributed by atoms with Crippen LogP contribution in [0.3, 0.4) is 0 Å². The molecule has 2 aromatic rings. The summed E-state index contributed by atoms with van der Waals surface area (Å²) < 4.78 is 0. The van der Waals surface area contributed by atoms with Crippen LogP contribution in [-0.4, -0.2) is 40.2 Å². The van der Waals surface area contributed by atoms with E-state index in [4.69, 9.17) is 4.98 Å². The van der Waals surface area contributed by atoms with Crippen LogP contribution < -0.4 is 5.32 Å². The van der Waals surface area contributed by atoms with Gasteiger partial charge in [0, 0.05) is 11.6 Å². The molecule has 0 amide bonds. The first kappa shape index (κ1) is 13.5. The lowest BCUT2D eigenvalue weighted by atomic mass is 9.93. The van der Waals surface area contributed by atoms with Gasteiger partial charge in [-0.05, 0) is 52.0 Å². The van der Waals surface area contributed by atoms with Crippen LogP contribution in [0.15, 0.2) is 18.2 Å². The first-order valence-electron chi connectivity index (χ1n) is 6.93. The van der Waals surface area contributed by atoms with E-state index < -0.39 is 0 Å². The average Bonchev–Trinajstić information content (AvgIpc) is 2.85. The Morgan fingerprint density at radius 3 is 2.75 bits per heavy atom. The van der Waals surface area contributed by atoms with Crippen molar-refractivity contribution in [1.29, 1.82) is 0 Å². The predicted molar refractivity (Wildman–Crippen MR) is 81.6 cm³/mol. The lowest BCUT2D eigenvalue weighted by Gasteiger charge is -2.28. The number of hydrogen-bond acceptors (Lipinski definition) is 6. The summed E-state index contributed by atoms with van der Waals surface area (Å²) in [6.45, 7) is 4.25. The van der Waals surface area contributed by atoms with E-state index in [-0.39, 0.29) is 0 Å². The molecule has 0 atom stereocenters. The Balaban J connectivity index is 1.72. The van der Waals surface area contributed by atoms with Crippen LogP contribution in [0, 0.1) is 6.92 Å². The first-order chi connectivity index (χ1) is 9.70. The molecule has 0 spiro atoms. The lowest BCUT2D eigenvalue weighted by Crippen LogP contribution is -2.29. The van der Waals surface area contributed by atoms with Crippen molar-refractivity contribution in [2.45, 2.75) is 25.7 Å². The fraction of sp³-hybridized carbons (Fsp3) is 0.500. The maximum atomic E-state index is 4.74. The van der Waals surface area contributed by atoms with Gasteiger partial charge in [0.1, 0.15) is 10.8 Å². The van der Waals surface area contributed by atoms with Crippen molar-refractivity contribution in [3.8, 4) is 0 Å². The largest absolute Gasteiger partial charge is 0.315 e. The van der Waals surface area contributed by atoms with E-state index in [0.717, 1.165) is 29.0 Å². The van der Waals surface area contributed by atoms with E-state index in [1.165, 1.54) is 18.5 Å². The molecular weight excluding hydrogens is 270 g/mol. The highest BCUT2D eigenvalue weighted by atomic mass is 32.1. The molecule has 1 aliphatic heterocycles. The minimum atomic E-state index is 0.573. The average molecular weight is 289 g/mol. The summed E-state index contributed by atoms with van der Waals surface area (Å²) in [7, 11) is 2.18. The fourth-order valence-electron chi connectivity index (χ4n) is 2.51. The van der Waals surface area contributed by atoms with Crippen molar-refractivity contribution in [3.05, 3.63) is 28.9 Å². The van der Waals surface area contributed by atoms with Gasteiger partial charge in [-0.15, -0.1) is 10.2 Å². The van der Waals surface area contributed by atoms with Gasteiger partial charge < -0.3 is 10.2 Å². The highest BCUT2D eigenvalue weighted by Gasteiger charge is 2.19. The summed E-state index contributed by atoms with van der Waals surface area (Å²) in [5.41, 5.74) is 1.18. The first-order valence-corrected chi connectivity index (χ1v) is 7.75. The van der Waals surface area contributed by atoms with Crippen molar-refractivity contribution < 1.29 is 0 Å². The third kappa shape index (κ3) is 3.13. The Kier molecular flexibility index (Phi) is 3.93. The lowest BCUT2D eigenvalue weighted by molar-refractivity contribution is 0.253. The highest BCUT2D eigenvalue weighted by molar-refractivity contribution is 7.15. The Morgan fingerprint density at radius 1 is 1.25 bits per heavy atom. The summed E-state index contributed by atoms with van der Waals surface area (Å²) in [6.07, 6.45) is 2.37. The van der Waals surface area contributed by atoms with E-state index in [1.54, 1.807) is 11.3 Å². The molecule has 1 fully saturated rings. The van der Waals surface area contributed by atoms with E-state index in [0.29, 0.717) is 5.92 Å². The third-order valence-electron chi connectivity index (χ3n) is 3.67. The van der Waals surface area contributed by atoms with E-state index >= 15 is 0 Å². The van der Waals surface area contributed by atoms with Crippen LogP contribution >= 0.6 is 11.3 Å². The van der Waals surface area contributed by atoms with Crippen LogP contribution in [0.5, 0.6) is 0 Å². The fourth-order valence-corrected chi connectivity index (χ4v) is 3.11. The molecule has 6 heteroatoms. The number of nitrogens with one attached hydrogen (secondary N) is 1. The Hall–Kier alpha value is -1.53. The zero-order valence-electron chi connectivity index (χ0n) is 11.8. The molecule has 0 aliphatic carbocycles. The van der Waals surface area contributed by atoms with Gasteiger partial charge in [-0.2, -0.15) is 0 Å². The molecule has 0 aromatic carbocycles. The zero-order chi connectivity index (χ0) is 13.9. The van der Waals surface area contributed by atoms with Crippen molar-refractivity contribution in [2.75, 3.05) is 25.5 Å². The molecule has 1 aliphatic rings. The molecule has 0 radical (unpaired) electrons. The number of anilines is 2. The molecule has 106 valence electrons. The van der Waals surface area contributed by atoms with Crippen LogP contribution in [0.4, 0.5) is 10.9 Å². The molecule has 20 heavy (non-hydrogen) atoms. The van der Waals surface area contributed by atoms with Crippen molar-refractivity contribution in [1.82, 2.24) is 20.1 Å². The predicted octanol–water partition coefficient (Wildman–Crippen LogP) is 2.79. The standard InChI is InChI=1S/C14H19N5S/c1-10-17-18-14(20-10)16-13-5-3-4-12(15-13)11-6-8-19(2)9-7-11/h3-5,11H,6-9H2,1-2H3,(H,15,16,18). The molecule has 3 heterocycles. The molecule has 5 nitrogen and oxygen atoms in total. The van der Waals surface area contributed by atoms with E-state index in [1.807, 2.05) is 13.0 Å². The molecule has 3 rings (SSSR count). The topological polar surface area (TPSA) is 53.9 Å². The maximum Gasteiger partial charge on any atom is 0.211 e. The summed E-state index contributed by atoms with van der Waals surface area (Å²) >= 11 is 1.54. The van der Waals surface area contributed by atoms with Crippen LogP contribution in [-0.2, 0) is 0 Å². The quantitative estimate of drug-likeness (QED) is 0.941. The molecule has 0 unspecified atom stereocenters. The van der Waals surface area contributed by atoms with Crippen molar-refractivity contribution in [3.63, 3.8) is 0 Å². The van der Waals surface area contributed by atoms with Gasteiger partial charge in [0.05, 0.1) is 0 Å². The van der Waals surface area contributed by atoms with Gasteiger partial charge in [-0.1, -0.05) is 17.4 Å². The minimum absolute atomic E-state index is 0.573. The van der Waals surface area contributed by atoms with Crippen LogP contribution in [0.25, 0.3) is 0 Å². The minimum Gasteiger partial charge on any atom is -0.315 e. The van der Waals surface area contributed by atoms with Gasteiger partial charge in [-0.25, -0.2) is 4.98 Å². The summed E-state index contributed by atoms with van der Waals surface area (Å²) in [5, 5.41) is 13.1. The smallest absolute Gasteiger partial charge is 0.211 e. The number of piperidine rings is 1. The summed E-state index contributed by atoms with van der Waals surface area (Å²) in [4.78, 5) is 7.11. The molecule has 0 bridgehead atoms. The van der Waals surface area contributed by atoms with Gasteiger partial charge >= 0.3 is 0 Å². The van der Waals surface area contributed by atoms with Crippen molar-refractivity contribution in [2.24, 2.45) is 0 Å². The maximum absolute atomic E-state index is 4.74. The van der Waals surface area contributed by atoms with E-state index in [2.05, 4.69) is 39.6 Å². The number of pyridine rings is 1. The number of likely N-dealkylation sites (tertiary alicyclic amines) is 1. The molecule has 0 saturated carbocycles. The second-order valence-corrected chi connectivity index (χ2v) is 6.46. The Morgan fingerprint density at radius 2 is 2.05 bits per heavy atom. The molecule has 2 aromatic heterocycles. The SMILES string of the molecule is Cc1nnc(Nc2cccc(C3CCN(C)CC3)n2)s1. The molecule has 1 N–H and O–H groups in total. The second kappa shape index (κ2) is 5.85. The van der Waals surface area contributed by atoms with Crippen LogP contribution in [0.1, 0.15) is 29.5 Å². The Labute approximate surface area is 123 Å². The van der Waals surface area contributed by atoms with Gasteiger partial charge in [0.15, 0.2) is 0 Å². The van der Waals surface area contributed by atoms with Gasteiger partial charge in [0.25, 0.3) is 0 Å². The monoisotopic (exact) mass is 289 g/mol.